The Morgan fingerprint density at radius 1 is 1.32 bits per heavy atom. The highest BCUT2D eigenvalue weighted by atomic mass is 16.5. The van der Waals surface area contributed by atoms with Gasteiger partial charge in [-0.2, -0.15) is 10.2 Å². The lowest BCUT2D eigenvalue weighted by atomic mass is 10.3. The summed E-state index contributed by atoms with van der Waals surface area (Å²) in [5.74, 6) is 1.20. The van der Waals surface area contributed by atoms with Crippen molar-refractivity contribution in [3.63, 3.8) is 0 Å². The zero-order chi connectivity index (χ0) is 17.2. The Balaban J connectivity index is 1.72. The number of aromatic amines is 1. The van der Waals surface area contributed by atoms with Crippen LogP contribution < -0.4 is 5.32 Å². The van der Waals surface area contributed by atoms with Crippen LogP contribution in [0.4, 0.5) is 11.5 Å². The number of nitrogens with one attached hydrogen (secondary N) is 2. The molecule has 0 atom stereocenters. The van der Waals surface area contributed by atoms with Crippen LogP contribution in [0.3, 0.4) is 0 Å². The second-order valence-electron chi connectivity index (χ2n) is 5.52. The number of methoxy groups -OCH3 is 1. The van der Waals surface area contributed by atoms with Crippen LogP contribution in [0.2, 0.25) is 0 Å². The number of furan rings is 1. The van der Waals surface area contributed by atoms with Gasteiger partial charge >= 0.3 is 0 Å². The number of rotatable bonds is 6. The van der Waals surface area contributed by atoms with Crippen LogP contribution in [0.1, 0.15) is 5.69 Å². The van der Waals surface area contributed by atoms with E-state index in [-0.39, 0.29) is 0 Å². The highest BCUT2D eigenvalue weighted by molar-refractivity contribution is 5.88. The van der Waals surface area contributed by atoms with E-state index in [0.717, 1.165) is 28.0 Å². The van der Waals surface area contributed by atoms with E-state index in [1.807, 2.05) is 17.7 Å². The van der Waals surface area contributed by atoms with Gasteiger partial charge in [0.25, 0.3) is 0 Å². The standard InChI is InChI=1S/C16H17N7O2/c1-10-12(8-18-23(10)4-6-24-2)19-16-14-13(7-17-22-14)20-15(21-16)11-3-5-25-9-11/h3,5,7-9H,4,6H2,1-2H3,(H,17,22)(H,19,20,21). The van der Waals surface area contributed by atoms with Crippen LogP contribution in [-0.2, 0) is 11.3 Å². The molecule has 0 unspecified atom stereocenters. The molecule has 0 aromatic carbocycles. The van der Waals surface area contributed by atoms with Crippen molar-refractivity contribution in [2.45, 2.75) is 13.5 Å². The molecule has 0 bridgehead atoms. The van der Waals surface area contributed by atoms with Gasteiger partial charge in [0.15, 0.2) is 11.6 Å². The molecule has 25 heavy (non-hydrogen) atoms. The fourth-order valence-electron chi connectivity index (χ4n) is 2.55. The van der Waals surface area contributed by atoms with Crippen LogP contribution in [-0.4, -0.2) is 43.7 Å². The topological polar surface area (TPSA) is 107 Å². The molecule has 0 fully saturated rings. The Bertz CT molecular complexity index is 987. The summed E-state index contributed by atoms with van der Waals surface area (Å²) in [7, 11) is 1.67. The van der Waals surface area contributed by atoms with E-state index < -0.39 is 0 Å². The minimum Gasteiger partial charge on any atom is -0.472 e. The molecule has 0 aliphatic carbocycles. The van der Waals surface area contributed by atoms with Crippen LogP contribution in [0, 0.1) is 6.92 Å². The van der Waals surface area contributed by atoms with Crippen molar-refractivity contribution in [2.24, 2.45) is 0 Å². The normalized spacial score (nSPS) is 11.3. The van der Waals surface area contributed by atoms with Crippen molar-refractivity contribution >= 4 is 22.5 Å². The third kappa shape index (κ3) is 2.85. The second kappa shape index (κ2) is 6.36. The lowest BCUT2D eigenvalue weighted by Crippen LogP contribution is -2.07. The molecular weight excluding hydrogens is 322 g/mol. The first-order valence-corrected chi connectivity index (χ1v) is 7.78. The summed E-state index contributed by atoms with van der Waals surface area (Å²) in [6, 6.07) is 1.82. The number of H-pyrrole nitrogens is 1. The largest absolute Gasteiger partial charge is 0.472 e. The van der Waals surface area contributed by atoms with E-state index in [9.17, 15) is 0 Å². The predicted molar refractivity (Wildman–Crippen MR) is 91.5 cm³/mol. The first-order chi connectivity index (χ1) is 12.3. The van der Waals surface area contributed by atoms with Crippen molar-refractivity contribution < 1.29 is 9.15 Å². The first-order valence-electron chi connectivity index (χ1n) is 7.78. The van der Waals surface area contributed by atoms with E-state index >= 15 is 0 Å². The van der Waals surface area contributed by atoms with Crippen molar-refractivity contribution in [2.75, 3.05) is 19.0 Å². The molecule has 4 aromatic heterocycles. The molecule has 0 saturated heterocycles. The summed E-state index contributed by atoms with van der Waals surface area (Å²) in [4.78, 5) is 9.11. The Hall–Kier alpha value is -3.20. The molecule has 4 heterocycles. The molecule has 4 aromatic rings. The summed E-state index contributed by atoms with van der Waals surface area (Å²) in [6.07, 6.45) is 6.64. The summed E-state index contributed by atoms with van der Waals surface area (Å²) in [5, 5.41) is 14.7. The molecule has 9 nitrogen and oxygen atoms in total. The van der Waals surface area contributed by atoms with Crippen LogP contribution >= 0.6 is 0 Å². The van der Waals surface area contributed by atoms with Gasteiger partial charge in [-0.25, -0.2) is 9.97 Å². The average molecular weight is 339 g/mol. The summed E-state index contributed by atoms with van der Waals surface area (Å²) in [6.45, 7) is 3.28. The van der Waals surface area contributed by atoms with Gasteiger partial charge < -0.3 is 14.5 Å². The van der Waals surface area contributed by atoms with Gasteiger partial charge in [-0.05, 0) is 13.0 Å². The Kier molecular flexibility index (Phi) is 3.90. The van der Waals surface area contributed by atoms with Gasteiger partial charge in [-0.3, -0.25) is 9.78 Å². The maximum absolute atomic E-state index is 5.13. The Morgan fingerprint density at radius 3 is 3.04 bits per heavy atom. The molecule has 0 amide bonds. The summed E-state index contributed by atoms with van der Waals surface area (Å²) in [5.41, 5.74) is 4.12. The maximum atomic E-state index is 5.13. The molecule has 0 aliphatic rings. The summed E-state index contributed by atoms with van der Waals surface area (Å²) >= 11 is 0. The third-order valence-corrected chi connectivity index (χ3v) is 3.94. The molecule has 2 N–H and O–H groups in total. The number of hydrogen-bond acceptors (Lipinski definition) is 7. The highest BCUT2D eigenvalue weighted by Gasteiger charge is 2.14. The lowest BCUT2D eigenvalue weighted by Gasteiger charge is -2.08. The fourth-order valence-corrected chi connectivity index (χ4v) is 2.55. The zero-order valence-electron chi connectivity index (χ0n) is 13.9. The van der Waals surface area contributed by atoms with Crippen molar-refractivity contribution in [1.82, 2.24) is 29.9 Å². The number of hydrogen-bond donors (Lipinski definition) is 2. The van der Waals surface area contributed by atoms with Crippen molar-refractivity contribution in [1.29, 1.82) is 0 Å². The molecule has 9 heteroatoms. The number of aromatic nitrogens is 6. The van der Waals surface area contributed by atoms with Gasteiger partial charge in [0.2, 0.25) is 0 Å². The third-order valence-electron chi connectivity index (χ3n) is 3.94. The van der Waals surface area contributed by atoms with Gasteiger partial charge in [0.1, 0.15) is 17.3 Å². The molecule has 0 aliphatic heterocycles. The SMILES string of the molecule is COCCn1ncc(Nc2nc(-c3ccoc3)nc3cn[nH]c23)c1C. The molecule has 4 rings (SSSR count). The van der Waals surface area contributed by atoms with Crippen molar-refractivity contribution in [3.05, 3.63) is 36.7 Å². The highest BCUT2D eigenvalue weighted by Crippen LogP contribution is 2.27. The molecule has 128 valence electrons. The van der Waals surface area contributed by atoms with Gasteiger partial charge in [-0.1, -0.05) is 0 Å². The van der Waals surface area contributed by atoms with E-state index in [4.69, 9.17) is 9.15 Å². The monoisotopic (exact) mass is 339 g/mol. The van der Waals surface area contributed by atoms with Crippen LogP contribution in [0.25, 0.3) is 22.4 Å². The zero-order valence-corrected chi connectivity index (χ0v) is 13.9. The predicted octanol–water partition coefficient (Wildman–Crippen LogP) is 2.51. The summed E-state index contributed by atoms with van der Waals surface area (Å²) < 4.78 is 12.1. The minimum atomic E-state index is 0.564. The fraction of sp³-hybridized carbons (Fsp3) is 0.250. The quantitative estimate of drug-likeness (QED) is 0.556. The lowest BCUT2D eigenvalue weighted by molar-refractivity contribution is 0.183. The molecule has 0 radical (unpaired) electrons. The van der Waals surface area contributed by atoms with E-state index in [1.165, 1.54) is 0 Å². The van der Waals surface area contributed by atoms with Crippen molar-refractivity contribution in [3.8, 4) is 11.4 Å². The second-order valence-corrected chi connectivity index (χ2v) is 5.52. The van der Waals surface area contributed by atoms with E-state index in [1.54, 1.807) is 32.0 Å². The van der Waals surface area contributed by atoms with Crippen LogP contribution in [0.15, 0.2) is 35.4 Å². The van der Waals surface area contributed by atoms with Gasteiger partial charge in [0, 0.05) is 7.11 Å². The Morgan fingerprint density at radius 2 is 2.24 bits per heavy atom. The van der Waals surface area contributed by atoms with Gasteiger partial charge in [0.05, 0.1) is 48.8 Å². The number of nitrogens with zero attached hydrogens (tertiary/aromatic N) is 5. The van der Waals surface area contributed by atoms with E-state index in [2.05, 4.69) is 30.6 Å². The molecule has 0 saturated carbocycles. The van der Waals surface area contributed by atoms with E-state index in [0.29, 0.717) is 24.8 Å². The smallest absolute Gasteiger partial charge is 0.165 e. The Labute approximate surface area is 143 Å². The minimum absolute atomic E-state index is 0.564. The molecular formula is C16H17N7O2. The number of fused-ring (bicyclic) bond motifs is 1. The number of anilines is 2. The maximum Gasteiger partial charge on any atom is 0.165 e. The van der Waals surface area contributed by atoms with Crippen LogP contribution in [0.5, 0.6) is 0 Å². The van der Waals surface area contributed by atoms with Gasteiger partial charge in [-0.15, -0.1) is 0 Å². The first kappa shape index (κ1) is 15.3. The number of ether oxygens (including phenoxy) is 1. The average Bonchev–Trinajstić information content (AvgIpc) is 3.35. The molecule has 0 spiro atoms.